The molecule has 4 fully saturated rings. The zero-order valence-electron chi connectivity index (χ0n) is 19.2. The molecule has 2 atom stereocenters. The van der Waals surface area contributed by atoms with E-state index in [0.29, 0.717) is 35.4 Å². The first kappa shape index (κ1) is 23.7. The summed E-state index contributed by atoms with van der Waals surface area (Å²) in [6.07, 6.45) is 6.98. The summed E-state index contributed by atoms with van der Waals surface area (Å²) >= 11 is 8.23. The second-order valence-electron chi connectivity index (χ2n) is 10.4. The number of amides is 1. The SMILES string of the molecule is O=C(Nc1cc(Oc2ccc(I)cc2)cc([N+](=O)[O-])c1)C12CC3CC(C1)CC(n1cnc(Cl)n1)(C3)C2. The number of hydrogen-bond acceptors (Lipinski definition) is 6. The van der Waals surface area contributed by atoms with Gasteiger partial charge in [0.1, 0.15) is 17.8 Å². The standard InChI is InChI=1S/C25H23ClIN5O4/c26-23-28-14-31(30-23)25-11-15-5-16(12-25)10-24(9-15,13-25)22(33)29-18-6-19(32(34)35)8-21(7-18)36-20-3-1-17(27)2-4-20/h1-4,6-8,14-16H,5,9-13H2,(H,29,33). The van der Waals surface area contributed by atoms with Gasteiger partial charge in [0, 0.05) is 15.7 Å². The molecule has 11 heteroatoms. The van der Waals surface area contributed by atoms with E-state index < -0.39 is 10.3 Å². The van der Waals surface area contributed by atoms with Crippen molar-refractivity contribution in [2.75, 3.05) is 5.32 Å². The number of ether oxygens (including phenoxy) is 1. The highest BCUT2D eigenvalue weighted by atomic mass is 127. The maximum atomic E-state index is 13.8. The fourth-order valence-electron chi connectivity index (χ4n) is 6.94. The minimum atomic E-state index is -0.565. The third-order valence-electron chi connectivity index (χ3n) is 7.87. The summed E-state index contributed by atoms with van der Waals surface area (Å²) in [6, 6.07) is 11.8. The van der Waals surface area contributed by atoms with Crippen LogP contribution in [-0.2, 0) is 10.3 Å². The van der Waals surface area contributed by atoms with E-state index in [1.807, 2.05) is 16.8 Å². The monoisotopic (exact) mass is 619 g/mol. The molecule has 2 unspecified atom stereocenters. The normalized spacial score (nSPS) is 28.2. The summed E-state index contributed by atoms with van der Waals surface area (Å²) in [7, 11) is 0. The largest absolute Gasteiger partial charge is 0.457 e. The summed E-state index contributed by atoms with van der Waals surface area (Å²) in [6.45, 7) is 0. The molecule has 9 nitrogen and oxygen atoms in total. The van der Waals surface area contributed by atoms with E-state index in [-0.39, 0.29) is 22.4 Å². The lowest BCUT2D eigenvalue weighted by atomic mass is 9.46. The van der Waals surface area contributed by atoms with Crippen LogP contribution in [0.5, 0.6) is 11.5 Å². The number of nitro benzene ring substituents is 1. The molecule has 0 aliphatic heterocycles. The molecular formula is C25H23ClIN5O4. The van der Waals surface area contributed by atoms with Gasteiger partial charge in [-0.3, -0.25) is 14.9 Å². The average molecular weight is 620 g/mol. The number of non-ortho nitro benzene ring substituents is 1. The Hall–Kier alpha value is -2.73. The molecule has 4 aliphatic rings. The highest BCUT2D eigenvalue weighted by Gasteiger charge is 2.61. The smallest absolute Gasteiger partial charge is 0.275 e. The number of anilines is 1. The van der Waals surface area contributed by atoms with Crippen LogP contribution in [0.2, 0.25) is 5.28 Å². The van der Waals surface area contributed by atoms with Gasteiger partial charge < -0.3 is 10.1 Å². The van der Waals surface area contributed by atoms with Crippen LogP contribution in [0.4, 0.5) is 11.4 Å². The quantitative estimate of drug-likeness (QED) is 0.201. The van der Waals surface area contributed by atoms with Crippen molar-refractivity contribution in [1.29, 1.82) is 0 Å². The first-order chi connectivity index (χ1) is 17.2. The summed E-state index contributed by atoms with van der Waals surface area (Å²) in [5.41, 5.74) is -0.635. The molecule has 1 amide bonds. The maximum Gasteiger partial charge on any atom is 0.275 e. The molecule has 7 rings (SSSR count). The highest BCUT2D eigenvalue weighted by molar-refractivity contribution is 14.1. The van der Waals surface area contributed by atoms with Crippen LogP contribution in [-0.4, -0.2) is 25.6 Å². The summed E-state index contributed by atoms with van der Waals surface area (Å²) in [5.74, 6) is 1.59. The number of nitrogens with zero attached hydrogens (tertiary/aromatic N) is 4. The van der Waals surface area contributed by atoms with Crippen LogP contribution >= 0.6 is 34.2 Å². The first-order valence-corrected chi connectivity index (χ1v) is 13.3. The fraction of sp³-hybridized carbons (Fsp3) is 0.400. The van der Waals surface area contributed by atoms with E-state index in [4.69, 9.17) is 16.3 Å². The predicted molar refractivity (Wildman–Crippen MR) is 141 cm³/mol. The van der Waals surface area contributed by atoms with Crippen LogP contribution in [0.25, 0.3) is 0 Å². The van der Waals surface area contributed by atoms with Crippen molar-refractivity contribution in [2.45, 2.75) is 44.1 Å². The summed E-state index contributed by atoms with van der Waals surface area (Å²) in [4.78, 5) is 29.1. The Kier molecular flexibility index (Phi) is 5.71. The minimum absolute atomic E-state index is 0.104. The Labute approximate surface area is 225 Å². The maximum absolute atomic E-state index is 13.8. The van der Waals surface area contributed by atoms with E-state index in [1.54, 1.807) is 24.5 Å². The number of hydrogen-bond donors (Lipinski definition) is 1. The van der Waals surface area contributed by atoms with Gasteiger partial charge >= 0.3 is 0 Å². The van der Waals surface area contributed by atoms with Crippen LogP contribution in [0.1, 0.15) is 38.5 Å². The Balaban J connectivity index is 1.29. The molecule has 1 heterocycles. The van der Waals surface area contributed by atoms with Gasteiger partial charge in [0.2, 0.25) is 11.2 Å². The number of benzene rings is 2. The lowest BCUT2D eigenvalue weighted by Gasteiger charge is -2.60. The Bertz CT molecular complexity index is 1350. The van der Waals surface area contributed by atoms with Gasteiger partial charge in [-0.1, -0.05) is 0 Å². The van der Waals surface area contributed by atoms with Crippen molar-refractivity contribution in [3.8, 4) is 11.5 Å². The van der Waals surface area contributed by atoms with Crippen LogP contribution < -0.4 is 10.1 Å². The molecule has 2 aromatic carbocycles. The van der Waals surface area contributed by atoms with Crippen molar-refractivity contribution in [1.82, 2.24) is 14.8 Å². The number of nitrogens with one attached hydrogen (secondary N) is 1. The molecular weight excluding hydrogens is 597 g/mol. The molecule has 3 aromatic rings. The molecule has 4 aliphatic carbocycles. The lowest BCUT2D eigenvalue weighted by molar-refractivity contribution is -0.384. The van der Waals surface area contributed by atoms with Crippen LogP contribution in [0, 0.1) is 30.9 Å². The summed E-state index contributed by atoms with van der Waals surface area (Å²) < 4.78 is 8.80. The molecule has 1 N–H and O–H groups in total. The topological polar surface area (TPSA) is 112 Å². The van der Waals surface area contributed by atoms with Gasteiger partial charge in [0.05, 0.1) is 27.6 Å². The van der Waals surface area contributed by atoms with E-state index in [1.165, 1.54) is 12.1 Å². The van der Waals surface area contributed by atoms with Gasteiger partial charge in [-0.05, 0) is 109 Å². The predicted octanol–water partition coefficient (Wildman–Crippen LogP) is 6.17. The zero-order valence-corrected chi connectivity index (χ0v) is 22.1. The van der Waals surface area contributed by atoms with Gasteiger partial charge in [0.25, 0.3) is 5.69 Å². The number of carbonyl (C=O) groups is 1. The third kappa shape index (κ3) is 4.23. The van der Waals surface area contributed by atoms with E-state index in [2.05, 4.69) is 38.0 Å². The number of halogens is 2. The van der Waals surface area contributed by atoms with E-state index in [9.17, 15) is 14.9 Å². The van der Waals surface area contributed by atoms with Gasteiger partial charge in [-0.15, -0.1) is 5.10 Å². The lowest BCUT2D eigenvalue weighted by Crippen LogP contribution is -2.60. The van der Waals surface area contributed by atoms with Crippen molar-refractivity contribution < 1.29 is 14.5 Å². The number of nitro groups is 1. The van der Waals surface area contributed by atoms with E-state index >= 15 is 0 Å². The second kappa shape index (κ2) is 8.69. The van der Waals surface area contributed by atoms with Gasteiger partial charge in [-0.25, -0.2) is 9.67 Å². The zero-order chi connectivity index (χ0) is 25.1. The van der Waals surface area contributed by atoms with Gasteiger partial charge in [-0.2, -0.15) is 0 Å². The third-order valence-corrected chi connectivity index (χ3v) is 8.76. The Morgan fingerprint density at radius 3 is 2.50 bits per heavy atom. The number of carbonyl (C=O) groups excluding carboxylic acids is 1. The van der Waals surface area contributed by atoms with Crippen molar-refractivity contribution >= 4 is 51.5 Å². The molecule has 4 bridgehead atoms. The molecule has 1 aromatic heterocycles. The highest BCUT2D eigenvalue weighted by Crippen LogP contribution is 2.64. The molecule has 36 heavy (non-hydrogen) atoms. The average Bonchev–Trinajstić information content (AvgIpc) is 3.27. The summed E-state index contributed by atoms with van der Waals surface area (Å²) in [5, 5.41) is 19.2. The van der Waals surface area contributed by atoms with E-state index in [0.717, 1.165) is 35.7 Å². The fourth-order valence-corrected chi connectivity index (χ4v) is 7.43. The molecule has 4 saturated carbocycles. The first-order valence-electron chi connectivity index (χ1n) is 11.8. The second-order valence-corrected chi connectivity index (χ2v) is 12.0. The minimum Gasteiger partial charge on any atom is -0.457 e. The number of rotatable bonds is 6. The van der Waals surface area contributed by atoms with Crippen molar-refractivity contribution in [2.24, 2.45) is 17.3 Å². The van der Waals surface area contributed by atoms with Gasteiger partial charge in [0.15, 0.2) is 0 Å². The Morgan fingerprint density at radius 2 is 1.86 bits per heavy atom. The van der Waals surface area contributed by atoms with Crippen molar-refractivity contribution in [3.63, 3.8) is 0 Å². The molecule has 0 spiro atoms. The van der Waals surface area contributed by atoms with Crippen molar-refractivity contribution in [3.05, 3.63) is 67.8 Å². The van der Waals surface area contributed by atoms with Crippen LogP contribution in [0.15, 0.2) is 48.8 Å². The number of aromatic nitrogens is 3. The molecule has 0 radical (unpaired) electrons. The van der Waals surface area contributed by atoms with Crippen LogP contribution in [0.3, 0.4) is 0 Å². The molecule has 186 valence electrons. The Morgan fingerprint density at radius 1 is 1.14 bits per heavy atom. The molecule has 0 saturated heterocycles.